The summed E-state index contributed by atoms with van der Waals surface area (Å²) in [6.07, 6.45) is 17.1. The monoisotopic (exact) mass is 276 g/mol. The first-order valence-electron chi connectivity index (χ1n) is 9.13. The van der Waals surface area contributed by atoms with Crippen LogP contribution in [0.5, 0.6) is 0 Å². The van der Waals surface area contributed by atoms with Crippen molar-refractivity contribution in [1.82, 2.24) is 0 Å². The molecule has 0 heterocycles. The molecule has 4 fully saturated rings. The average Bonchev–Trinajstić information content (AvgIpc) is 2.79. The van der Waals surface area contributed by atoms with Crippen molar-refractivity contribution in [3.8, 4) is 0 Å². The van der Waals surface area contributed by atoms with Crippen LogP contribution in [0.2, 0.25) is 0 Å². The van der Waals surface area contributed by atoms with Crippen molar-refractivity contribution in [3.63, 3.8) is 0 Å². The molecule has 0 spiro atoms. The molecular formula is C20H36. The Labute approximate surface area is 127 Å². The Morgan fingerprint density at radius 3 is 2.40 bits per heavy atom. The average molecular weight is 277 g/mol. The van der Waals surface area contributed by atoms with Gasteiger partial charge in [-0.15, -0.1) is 0 Å². The van der Waals surface area contributed by atoms with Crippen LogP contribution in [0.15, 0.2) is 0 Å². The van der Waals surface area contributed by atoms with Crippen LogP contribution >= 0.6 is 0 Å². The molecular weight excluding hydrogens is 240 g/mol. The number of fused-ring (bicyclic) bond motifs is 5. The number of hydrogen-bond donors (Lipinski definition) is 0. The Balaban J connectivity index is 0.00000121. The van der Waals surface area contributed by atoms with Crippen LogP contribution in [0.3, 0.4) is 0 Å². The highest BCUT2D eigenvalue weighted by Crippen LogP contribution is 2.66. The van der Waals surface area contributed by atoms with Crippen molar-refractivity contribution < 1.29 is 0 Å². The zero-order valence-electron chi connectivity index (χ0n) is 13.1. The van der Waals surface area contributed by atoms with E-state index >= 15 is 0 Å². The molecule has 4 saturated carbocycles. The van der Waals surface area contributed by atoms with Gasteiger partial charge in [-0.3, -0.25) is 0 Å². The lowest BCUT2D eigenvalue weighted by Gasteiger charge is -2.60. The van der Waals surface area contributed by atoms with Crippen LogP contribution in [0, 0.1) is 34.5 Å². The third kappa shape index (κ3) is 1.92. The maximum absolute atomic E-state index is 2.70. The summed E-state index contributed by atoms with van der Waals surface area (Å²) in [4.78, 5) is 0. The third-order valence-corrected chi connectivity index (χ3v) is 8.36. The highest BCUT2D eigenvalue weighted by atomic mass is 14.6. The summed E-state index contributed by atoms with van der Waals surface area (Å²) < 4.78 is 0. The van der Waals surface area contributed by atoms with Gasteiger partial charge in [0.25, 0.3) is 0 Å². The molecule has 4 aliphatic rings. The summed E-state index contributed by atoms with van der Waals surface area (Å²) in [7, 11) is 0. The zero-order chi connectivity index (χ0) is 13.1. The van der Waals surface area contributed by atoms with E-state index in [0.717, 1.165) is 34.5 Å². The fourth-order valence-electron chi connectivity index (χ4n) is 7.29. The molecule has 0 aromatic rings. The van der Waals surface area contributed by atoms with E-state index in [1.54, 1.807) is 51.4 Å². The van der Waals surface area contributed by atoms with Crippen molar-refractivity contribution >= 4 is 0 Å². The molecule has 0 bridgehead atoms. The highest BCUT2D eigenvalue weighted by Gasteiger charge is 2.56. The number of hydrogen-bond acceptors (Lipinski definition) is 0. The van der Waals surface area contributed by atoms with Crippen LogP contribution in [0.1, 0.15) is 91.9 Å². The second kappa shape index (κ2) is 5.03. The minimum atomic E-state index is 0. The summed E-state index contributed by atoms with van der Waals surface area (Å²) in [5.74, 6) is 4.41. The molecule has 116 valence electrons. The third-order valence-electron chi connectivity index (χ3n) is 8.36. The molecule has 0 nitrogen and oxygen atoms in total. The molecule has 1 unspecified atom stereocenters. The van der Waals surface area contributed by atoms with Crippen LogP contribution in [0.25, 0.3) is 0 Å². The molecule has 0 radical (unpaired) electrons. The molecule has 0 aliphatic heterocycles. The van der Waals surface area contributed by atoms with Gasteiger partial charge in [-0.25, -0.2) is 0 Å². The Bertz CT molecular complexity index is 359. The molecule has 0 heteroatoms. The van der Waals surface area contributed by atoms with E-state index in [0.29, 0.717) is 0 Å². The van der Waals surface area contributed by atoms with Gasteiger partial charge in [0.05, 0.1) is 0 Å². The maximum Gasteiger partial charge on any atom is -0.0266 e. The summed E-state index contributed by atoms with van der Waals surface area (Å²) in [6.45, 7) is 5.33. The predicted molar refractivity (Wildman–Crippen MR) is 87.7 cm³/mol. The molecule has 0 N–H and O–H groups in total. The fourth-order valence-corrected chi connectivity index (χ4v) is 7.29. The lowest BCUT2D eigenvalue weighted by Crippen LogP contribution is -2.51. The topological polar surface area (TPSA) is 0 Å². The van der Waals surface area contributed by atoms with Crippen molar-refractivity contribution in [3.05, 3.63) is 0 Å². The quantitative estimate of drug-likeness (QED) is 0.477. The number of rotatable bonds is 0. The van der Waals surface area contributed by atoms with E-state index in [9.17, 15) is 0 Å². The van der Waals surface area contributed by atoms with Gasteiger partial charge in [-0.1, -0.05) is 40.5 Å². The molecule has 4 rings (SSSR count). The molecule has 20 heavy (non-hydrogen) atoms. The zero-order valence-corrected chi connectivity index (χ0v) is 13.1. The lowest BCUT2D eigenvalue weighted by molar-refractivity contribution is -0.103. The SMILES string of the molecule is C.C[C@@]12CCC[C@H]1[C@@H]1CCC3CCCC[C@]3(C)[C@H]1CC2. The summed E-state index contributed by atoms with van der Waals surface area (Å²) in [6, 6.07) is 0. The molecule has 0 amide bonds. The molecule has 0 saturated heterocycles. The van der Waals surface area contributed by atoms with Crippen molar-refractivity contribution in [2.24, 2.45) is 34.5 Å². The van der Waals surface area contributed by atoms with Crippen molar-refractivity contribution in [1.29, 1.82) is 0 Å². The molecule has 4 aliphatic carbocycles. The van der Waals surface area contributed by atoms with Crippen LogP contribution in [-0.4, -0.2) is 0 Å². The van der Waals surface area contributed by atoms with Crippen LogP contribution in [-0.2, 0) is 0 Å². The second-order valence-electron chi connectivity index (χ2n) is 8.99. The van der Waals surface area contributed by atoms with E-state index < -0.39 is 0 Å². The van der Waals surface area contributed by atoms with Gasteiger partial charge in [-0.05, 0) is 85.9 Å². The molecule has 6 atom stereocenters. The standard InChI is InChI=1S/C19H32.CH4/c1-18-11-5-7-16(18)15-9-8-14-6-3-4-12-19(14,2)17(15)10-13-18;/h14-17H,3-13H2,1-2H3;1H4/t14?,15-,16-,17-,18-,19-;/m0./s1. The lowest BCUT2D eigenvalue weighted by atomic mass is 9.45. The summed E-state index contributed by atoms with van der Waals surface area (Å²) in [5.41, 5.74) is 1.49. The van der Waals surface area contributed by atoms with Crippen LogP contribution in [0.4, 0.5) is 0 Å². The Hall–Kier alpha value is 0. The van der Waals surface area contributed by atoms with Gasteiger partial charge in [-0.2, -0.15) is 0 Å². The van der Waals surface area contributed by atoms with Gasteiger partial charge >= 0.3 is 0 Å². The van der Waals surface area contributed by atoms with Gasteiger partial charge in [0.15, 0.2) is 0 Å². The second-order valence-corrected chi connectivity index (χ2v) is 8.99. The maximum atomic E-state index is 2.70. The Morgan fingerprint density at radius 1 is 0.700 bits per heavy atom. The Morgan fingerprint density at radius 2 is 1.55 bits per heavy atom. The summed E-state index contributed by atoms with van der Waals surface area (Å²) >= 11 is 0. The molecule has 0 aromatic heterocycles. The largest absolute Gasteiger partial charge is 0.0776 e. The van der Waals surface area contributed by atoms with Gasteiger partial charge in [0, 0.05) is 0 Å². The molecule has 0 aromatic carbocycles. The van der Waals surface area contributed by atoms with Gasteiger partial charge in [0.2, 0.25) is 0 Å². The smallest absolute Gasteiger partial charge is 0.0266 e. The predicted octanol–water partition coefficient (Wildman–Crippen LogP) is 6.45. The Kier molecular flexibility index (Phi) is 3.75. The first-order chi connectivity index (χ1) is 9.13. The summed E-state index contributed by atoms with van der Waals surface area (Å²) in [5, 5.41) is 0. The minimum Gasteiger partial charge on any atom is -0.0776 e. The first-order valence-corrected chi connectivity index (χ1v) is 9.13. The first kappa shape index (κ1) is 14.9. The van der Waals surface area contributed by atoms with E-state index in [-0.39, 0.29) is 7.43 Å². The highest BCUT2D eigenvalue weighted by molar-refractivity contribution is 5.06. The van der Waals surface area contributed by atoms with Crippen LogP contribution < -0.4 is 0 Å². The van der Waals surface area contributed by atoms with E-state index in [4.69, 9.17) is 0 Å². The van der Waals surface area contributed by atoms with Gasteiger partial charge < -0.3 is 0 Å². The minimum absolute atomic E-state index is 0. The van der Waals surface area contributed by atoms with E-state index in [2.05, 4.69) is 13.8 Å². The van der Waals surface area contributed by atoms with Gasteiger partial charge in [0.1, 0.15) is 0 Å². The normalized spacial score (nSPS) is 54.3. The fraction of sp³-hybridized carbons (Fsp3) is 1.00. The van der Waals surface area contributed by atoms with E-state index in [1.807, 2.05) is 0 Å². The van der Waals surface area contributed by atoms with Crippen molar-refractivity contribution in [2.75, 3.05) is 0 Å². The van der Waals surface area contributed by atoms with Crippen molar-refractivity contribution in [2.45, 2.75) is 91.9 Å². The van der Waals surface area contributed by atoms with E-state index in [1.165, 1.54) is 19.3 Å².